The molecule has 0 spiro atoms. The molecule has 180 valence electrons. The Hall–Kier alpha value is -1.02. The van der Waals surface area contributed by atoms with Gasteiger partial charge in [-0.3, -0.25) is 0 Å². The molecule has 6 nitrogen and oxygen atoms in total. The first-order chi connectivity index (χ1) is 14.4. The van der Waals surface area contributed by atoms with Crippen molar-refractivity contribution in [1.82, 2.24) is 30.3 Å². The highest BCUT2D eigenvalue weighted by atomic mass is 15.8. The van der Waals surface area contributed by atoms with Crippen molar-refractivity contribution in [1.29, 1.82) is 0 Å². The summed E-state index contributed by atoms with van der Waals surface area (Å²) in [6.07, 6.45) is 5.06. The molecule has 0 atom stereocenters. The molecule has 0 amide bonds. The molecule has 1 heterocycles. The van der Waals surface area contributed by atoms with Crippen LogP contribution in [-0.4, -0.2) is 113 Å². The molecule has 0 aliphatic carbocycles. The standard InChI is InChI=1S/C18H42N6.3C2H4/c1-20(2)11-7-10-18-16-23(14-8-12-21(3)4)19-24(17-18)15-9-13-22(5)6;3*1-2/h18-19H,7-17H2,1-6H3;3*1-2H2. The molecule has 0 aromatic rings. The summed E-state index contributed by atoms with van der Waals surface area (Å²) in [7, 11) is 13.0. The Labute approximate surface area is 189 Å². The average molecular weight is 427 g/mol. The second-order valence-corrected chi connectivity index (χ2v) is 8.12. The number of nitrogens with zero attached hydrogens (tertiary/aromatic N) is 5. The molecule has 1 saturated heterocycles. The van der Waals surface area contributed by atoms with Gasteiger partial charge in [0.15, 0.2) is 0 Å². The molecular formula is C24H54N6. The van der Waals surface area contributed by atoms with Crippen LogP contribution < -0.4 is 5.53 Å². The van der Waals surface area contributed by atoms with Crippen LogP contribution in [0.1, 0.15) is 25.7 Å². The molecule has 1 N–H and O–H groups in total. The normalized spacial score (nSPS) is 15.1. The van der Waals surface area contributed by atoms with Crippen LogP contribution in [0, 0.1) is 5.92 Å². The van der Waals surface area contributed by atoms with E-state index in [0.29, 0.717) is 0 Å². The van der Waals surface area contributed by atoms with Crippen molar-refractivity contribution in [3.8, 4) is 0 Å². The lowest BCUT2D eigenvalue weighted by atomic mass is 10.0. The largest absolute Gasteiger partial charge is 0.309 e. The zero-order valence-corrected chi connectivity index (χ0v) is 21.3. The molecule has 6 heteroatoms. The minimum Gasteiger partial charge on any atom is -0.309 e. The fraction of sp³-hybridized carbons (Fsp3) is 0.750. The van der Waals surface area contributed by atoms with Crippen molar-refractivity contribution in [2.75, 3.05) is 88.1 Å². The zero-order valence-electron chi connectivity index (χ0n) is 21.3. The fourth-order valence-corrected chi connectivity index (χ4v) is 3.28. The van der Waals surface area contributed by atoms with Crippen LogP contribution in [0.3, 0.4) is 0 Å². The Balaban J connectivity index is -0.00000111. The molecule has 1 aliphatic rings. The van der Waals surface area contributed by atoms with Crippen LogP contribution in [0.2, 0.25) is 0 Å². The Morgan fingerprint density at radius 2 is 0.967 bits per heavy atom. The van der Waals surface area contributed by atoms with Gasteiger partial charge in [0.1, 0.15) is 0 Å². The Kier molecular flexibility index (Phi) is 27.2. The summed E-state index contributed by atoms with van der Waals surface area (Å²) in [4.78, 5) is 6.84. The number of rotatable bonds is 12. The van der Waals surface area contributed by atoms with E-state index < -0.39 is 0 Å². The van der Waals surface area contributed by atoms with E-state index in [9.17, 15) is 0 Å². The van der Waals surface area contributed by atoms with E-state index >= 15 is 0 Å². The van der Waals surface area contributed by atoms with E-state index in [0.717, 1.165) is 32.1 Å². The molecule has 30 heavy (non-hydrogen) atoms. The summed E-state index contributed by atoms with van der Waals surface area (Å²) in [5.74, 6) is 0.782. The van der Waals surface area contributed by atoms with Crippen molar-refractivity contribution in [2.45, 2.75) is 25.7 Å². The summed E-state index contributed by atoms with van der Waals surface area (Å²) in [5, 5.41) is 4.89. The van der Waals surface area contributed by atoms with Gasteiger partial charge in [-0.2, -0.15) is 5.53 Å². The van der Waals surface area contributed by atoms with Gasteiger partial charge in [-0.05, 0) is 93.5 Å². The summed E-state index contributed by atoms with van der Waals surface area (Å²) in [6, 6.07) is 0. The summed E-state index contributed by atoms with van der Waals surface area (Å²) < 4.78 is 0. The Morgan fingerprint density at radius 3 is 1.30 bits per heavy atom. The van der Waals surface area contributed by atoms with Crippen LogP contribution in [0.25, 0.3) is 0 Å². The van der Waals surface area contributed by atoms with Crippen LogP contribution in [0.5, 0.6) is 0 Å². The maximum atomic E-state index is 3.65. The van der Waals surface area contributed by atoms with Crippen molar-refractivity contribution < 1.29 is 0 Å². The Bertz CT molecular complexity index is 290. The lowest BCUT2D eigenvalue weighted by Gasteiger charge is -2.41. The van der Waals surface area contributed by atoms with Crippen LogP contribution in [0.15, 0.2) is 39.5 Å². The highest BCUT2D eigenvalue weighted by molar-refractivity contribution is 4.73. The summed E-state index contributed by atoms with van der Waals surface area (Å²) in [5.41, 5.74) is 3.65. The molecule has 1 aliphatic heterocycles. The predicted octanol–water partition coefficient (Wildman–Crippen LogP) is 3.29. The zero-order chi connectivity index (χ0) is 23.9. The monoisotopic (exact) mass is 426 g/mol. The van der Waals surface area contributed by atoms with Crippen molar-refractivity contribution in [3.63, 3.8) is 0 Å². The molecule has 0 aromatic carbocycles. The molecule has 0 bridgehead atoms. The molecule has 0 saturated carbocycles. The minimum absolute atomic E-state index is 0.782. The maximum absolute atomic E-state index is 3.65. The SMILES string of the molecule is C=C.C=C.C=C.CN(C)CCCC1CN(CCCN(C)C)NN(CCCN(C)C)C1. The van der Waals surface area contributed by atoms with Gasteiger partial charge in [-0.1, -0.05) is 0 Å². The fourth-order valence-electron chi connectivity index (χ4n) is 3.28. The average Bonchev–Trinajstić information content (AvgIpc) is 2.72. The number of hydrogen-bond donors (Lipinski definition) is 1. The quantitative estimate of drug-likeness (QED) is 0.482. The molecular weight excluding hydrogens is 372 g/mol. The van der Waals surface area contributed by atoms with Gasteiger partial charge in [0.2, 0.25) is 0 Å². The first-order valence-electron chi connectivity index (χ1n) is 11.1. The van der Waals surface area contributed by atoms with Gasteiger partial charge < -0.3 is 14.7 Å². The smallest absolute Gasteiger partial charge is 0.0185 e. The van der Waals surface area contributed by atoms with E-state index in [1.54, 1.807) is 0 Å². The third-order valence-electron chi connectivity index (χ3n) is 4.52. The number of nitrogens with one attached hydrogen (secondary N) is 1. The number of hydrogen-bond acceptors (Lipinski definition) is 6. The van der Waals surface area contributed by atoms with Gasteiger partial charge in [0, 0.05) is 26.2 Å². The van der Waals surface area contributed by atoms with Gasteiger partial charge in [0.25, 0.3) is 0 Å². The molecule has 0 radical (unpaired) electrons. The second-order valence-electron chi connectivity index (χ2n) is 8.12. The first kappa shape index (κ1) is 33.6. The molecule has 0 aromatic heterocycles. The Morgan fingerprint density at radius 1 is 0.633 bits per heavy atom. The van der Waals surface area contributed by atoms with Crippen molar-refractivity contribution in [2.24, 2.45) is 5.92 Å². The van der Waals surface area contributed by atoms with Gasteiger partial charge in [0.05, 0.1) is 0 Å². The molecule has 0 unspecified atom stereocenters. The summed E-state index contributed by atoms with van der Waals surface area (Å²) in [6.45, 7) is 26.1. The van der Waals surface area contributed by atoms with Gasteiger partial charge in [-0.25, -0.2) is 10.0 Å². The molecule has 1 rings (SSSR count). The van der Waals surface area contributed by atoms with E-state index in [2.05, 4.69) is 112 Å². The van der Waals surface area contributed by atoms with Crippen LogP contribution in [0.4, 0.5) is 0 Å². The van der Waals surface area contributed by atoms with E-state index in [1.165, 1.54) is 45.3 Å². The third kappa shape index (κ3) is 21.7. The second kappa shape index (κ2) is 24.3. The van der Waals surface area contributed by atoms with E-state index in [1.807, 2.05) is 0 Å². The number of hydrazine groups is 2. The summed E-state index contributed by atoms with van der Waals surface area (Å²) >= 11 is 0. The topological polar surface area (TPSA) is 28.2 Å². The molecule has 1 fully saturated rings. The van der Waals surface area contributed by atoms with Crippen LogP contribution >= 0.6 is 0 Å². The van der Waals surface area contributed by atoms with Gasteiger partial charge >= 0.3 is 0 Å². The maximum Gasteiger partial charge on any atom is 0.0185 e. The van der Waals surface area contributed by atoms with Crippen LogP contribution in [-0.2, 0) is 0 Å². The highest BCUT2D eigenvalue weighted by Gasteiger charge is 2.24. The lowest BCUT2D eigenvalue weighted by Crippen LogP contribution is -2.59. The van der Waals surface area contributed by atoms with Crippen molar-refractivity contribution in [3.05, 3.63) is 39.5 Å². The van der Waals surface area contributed by atoms with E-state index in [4.69, 9.17) is 0 Å². The van der Waals surface area contributed by atoms with Gasteiger partial charge in [-0.15, -0.1) is 39.5 Å². The van der Waals surface area contributed by atoms with E-state index in [-0.39, 0.29) is 0 Å². The first-order valence-corrected chi connectivity index (χ1v) is 11.1. The van der Waals surface area contributed by atoms with Crippen molar-refractivity contribution >= 4 is 0 Å². The highest BCUT2D eigenvalue weighted by Crippen LogP contribution is 2.15. The minimum atomic E-state index is 0.782. The predicted molar refractivity (Wildman–Crippen MR) is 138 cm³/mol. The third-order valence-corrected chi connectivity index (χ3v) is 4.52. The lowest BCUT2D eigenvalue weighted by molar-refractivity contribution is -0.0478.